The Morgan fingerprint density at radius 1 is 1.04 bits per heavy atom. The van der Waals surface area contributed by atoms with E-state index in [4.69, 9.17) is 14.2 Å². The predicted molar refractivity (Wildman–Crippen MR) is 92.7 cm³/mol. The van der Waals surface area contributed by atoms with Gasteiger partial charge in [-0.25, -0.2) is 4.79 Å². The molecule has 0 heterocycles. The quantitative estimate of drug-likeness (QED) is 0.746. The molecule has 0 fully saturated rings. The van der Waals surface area contributed by atoms with Crippen LogP contribution < -0.4 is 10.1 Å². The molecule has 0 aliphatic heterocycles. The number of rotatable bonds is 8. The summed E-state index contributed by atoms with van der Waals surface area (Å²) in [6.45, 7) is 1.81. The minimum absolute atomic E-state index is 0.162. The van der Waals surface area contributed by atoms with Gasteiger partial charge in [0.05, 0.1) is 6.61 Å². The number of ether oxygens (including phenoxy) is 3. The molecule has 0 radical (unpaired) electrons. The first-order chi connectivity index (χ1) is 12.1. The smallest absolute Gasteiger partial charge is 0.342 e. The first-order valence-electron chi connectivity index (χ1n) is 7.87. The SMILES string of the molecule is COC[C@H](C)NC(=O)COC(=O)c1ccccc1Oc1ccccc1. The fraction of sp³-hybridized carbons (Fsp3) is 0.263. The minimum Gasteiger partial charge on any atom is -0.456 e. The van der Waals surface area contributed by atoms with Gasteiger partial charge in [-0.15, -0.1) is 0 Å². The highest BCUT2D eigenvalue weighted by Gasteiger charge is 2.16. The Bertz CT molecular complexity index is 702. The lowest BCUT2D eigenvalue weighted by Gasteiger charge is -2.13. The predicted octanol–water partition coefficient (Wildman–Crippen LogP) is 2.79. The number of esters is 1. The molecule has 2 rings (SSSR count). The van der Waals surface area contributed by atoms with Gasteiger partial charge in [0.1, 0.15) is 17.1 Å². The van der Waals surface area contributed by atoms with Crippen LogP contribution in [0.1, 0.15) is 17.3 Å². The second-order valence-corrected chi connectivity index (χ2v) is 5.41. The lowest BCUT2D eigenvalue weighted by Crippen LogP contribution is -2.38. The molecule has 1 atom stereocenters. The Morgan fingerprint density at radius 3 is 2.44 bits per heavy atom. The standard InChI is InChI=1S/C19H21NO5/c1-14(12-23-2)20-18(21)13-24-19(22)16-10-6-7-11-17(16)25-15-8-4-3-5-9-15/h3-11,14H,12-13H2,1-2H3,(H,20,21)/t14-/m0/s1. The second-order valence-electron chi connectivity index (χ2n) is 5.41. The van der Waals surface area contributed by atoms with E-state index in [9.17, 15) is 9.59 Å². The van der Waals surface area contributed by atoms with Crippen LogP contribution in [0.2, 0.25) is 0 Å². The first-order valence-corrected chi connectivity index (χ1v) is 7.87. The third kappa shape index (κ3) is 5.93. The van der Waals surface area contributed by atoms with Gasteiger partial charge in [-0.2, -0.15) is 0 Å². The number of methoxy groups -OCH3 is 1. The molecule has 0 unspecified atom stereocenters. The van der Waals surface area contributed by atoms with Crippen molar-refractivity contribution in [2.24, 2.45) is 0 Å². The van der Waals surface area contributed by atoms with E-state index in [0.29, 0.717) is 18.1 Å². The van der Waals surface area contributed by atoms with Crippen molar-refractivity contribution < 1.29 is 23.8 Å². The van der Waals surface area contributed by atoms with Gasteiger partial charge in [-0.3, -0.25) is 4.79 Å². The molecular formula is C19H21NO5. The van der Waals surface area contributed by atoms with Gasteiger partial charge < -0.3 is 19.5 Å². The maximum absolute atomic E-state index is 12.3. The number of carbonyl (C=O) groups excluding carboxylic acids is 2. The molecule has 6 heteroatoms. The monoisotopic (exact) mass is 343 g/mol. The third-order valence-electron chi connectivity index (χ3n) is 3.24. The molecule has 0 saturated heterocycles. The van der Waals surface area contributed by atoms with E-state index in [1.165, 1.54) is 0 Å². The van der Waals surface area contributed by atoms with Crippen LogP contribution in [0.15, 0.2) is 54.6 Å². The van der Waals surface area contributed by atoms with Crippen molar-refractivity contribution in [3.8, 4) is 11.5 Å². The van der Waals surface area contributed by atoms with Crippen LogP contribution in [0.5, 0.6) is 11.5 Å². The van der Waals surface area contributed by atoms with Crippen molar-refractivity contribution in [1.29, 1.82) is 0 Å². The number of hydrogen-bond donors (Lipinski definition) is 1. The molecule has 1 N–H and O–H groups in total. The Hall–Kier alpha value is -2.86. The molecule has 0 spiro atoms. The van der Waals surface area contributed by atoms with Gasteiger partial charge in [0.15, 0.2) is 6.61 Å². The zero-order valence-electron chi connectivity index (χ0n) is 14.2. The van der Waals surface area contributed by atoms with Crippen molar-refractivity contribution in [2.75, 3.05) is 20.3 Å². The number of hydrogen-bond acceptors (Lipinski definition) is 5. The third-order valence-corrected chi connectivity index (χ3v) is 3.24. The molecule has 25 heavy (non-hydrogen) atoms. The largest absolute Gasteiger partial charge is 0.456 e. The lowest BCUT2D eigenvalue weighted by atomic mass is 10.2. The van der Waals surface area contributed by atoms with Crippen molar-refractivity contribution in [3.05, 3.63) is 60.2 Å². The van der Waals surface area contributed by atoms with Gasteiger partial charge in [0.25, 0.3) is 5.91 Å². The van der Waals surface area contributed by atoms with Crippen molar-refractivity contribution in [2.45, 2.75) is 13.0 Å². The van der Waals surface area contributed by atoms with E-state index in [0.717, 1.165) is 0 Å². The summed E-state index contributed by atoms with van der Waals surface area (Å²) in [6, 6.07) is 15.7. The fourth-order valence-electron chi connectivity index (χ4n) is 2.16. The number of amides is 1. The molecule has 132 valence electrons. The Balaban J connectivity index is 1.96. The number of carbonyl (C=O) groups is 2. The fourth-order valence-corrected chi connectivity index (χ4v) is 2.16. The minimum atomic E-state index is -0.624. The normalized spacial score (nSPS) is 11.4. The molecule has 0 saturated carbocycles. The summed E-state index contributed by atoms with van der Waals surface area (Å²) >= 11 is 0. The lowest BCUT2D eigenvalue weighted by molar-refractivity contribution is -0.125. The van der Waals surface area contributed by atoms with Crippen LogP contribution in [0, 0.1) is 0 Å². The van der Waals surface area contributed by atoms with Crippen LogP contribution in [-0.2, 0) is 14.3 Å². The molecule has 6 nitrogen and oxygen atoms in total. The number of benzene rings is 2. The van der Waals surface area contributed by atoms with Crippen LogP contribution in [0.4, 0.5) is 0 Å². The molecule has 1 amide bonds. The van der Waals surface area contributed by atoms with Gasteiger partial charge in [0.2, 0.25) is 0 Å². The second kappa shape index (κ2) is 9.44. The van der Waals surface area contributed by atoms with Crippen LogP contribution in [0.3, 0.4) is 0 Å². The van der Waals surface area contributed by atoms with Crippen molar-refractivity contribution >= 4 is 11.9 Å². The highest BCUT2D eigenvalue weighted by atomic mass is 16.5. The maximum atomic E-state index is 12.3. The first kappa shape index (κ1) is 18.5. The van der Waals surface area contributed by atoms with Crippen molar-refractivity contribution in [1.82, 2.24) is 5.32 Å². The topological polar surface area (TPSA) is 73.9 Å². The Labute approximate surface area is 146 Å². The van der Waals surface area contributed by atoms with Crippen LogP contribution in [0.25, 0.3) is 0 Å². The van der Waals surface area contributed by atoms with Gasteiger partial charge in [-0.05, 0) is 31.2 Å². The average Bonchev–Trinajstić information content (AvgIpc) is 2.61. The Kier molecular flexibility index (Phi) is 6.98. The van der Waals surface area contributed by atoms with E-state index in [2.05, 4.69) is 5.32 Å². The molecule has 0 aliphatic carbocycles. The number of para-hydroxylation sites is 2. The summed E-state index contributed by atoms with van der Waals surface area (Å²) in [5.41, 5.74) is 0.254. The van der Waals surface area contributed by atoms with Crippen LogP contribution >= 0.6 is 0 Å². The summed E-state index contributed by atoms with van der Waals surface area (Å²) in [7, 11) is 1.55. The summed E-state index contributed by atoms with van der Waals surface area (Å²) in [5, 5.41) is 2.67. The highest BCUT2D eigenvalue weighted by molar-refractivity contribution is 5.94. The zero-order chi connectivity index (χ0) is 18.1. The molecule has 0 aromatic heterocycles. The van der Waals surface area contributed by atoms with E-state index in [1.807, 2.05) is 18.2 Å². The van der Waals surface area contributed by atoms with E-state index in [1.54, 1.807) is 50.4 Å². The van der Waals surface area contributed by atoms with E-state index < -0.39 is 5.97 Å². The summed E-state index contributed by atoms with van der Waals surface area (Å²) in [4.78, 5) is 24.0. The summed E-state index contributed by atoms with van der Waals surface area (Å²) < 4.78 is 15.7. The molecule has 2 aromatic rings. The highest BCUT2D eigenvalue weighted by Crippen LogP contribution is 2.25. The van der Waals surface area contributed by atoms with Crippen molar-refractivity contribution in [3.63, 3.8) is 0 Å². The van der Waals surface area contributed by atoms with Gasteiger partial charge in [-0.1, -0.05) is 30.3 Å². The Morgan fingerprint density at radius 2 is 1.72 bits per heavy atom. The average molecular weight is 343 g/mol. The van der Waals surface area contributed by atoms with Crippen LogP contribution in [-0.4, -0.2) is 38.2 Å². The van der Waals surface area contributed by atoms with Gasteiger partial charge in [0, 0.05) is 13.2 Å². The maximum Gasteiger partial charge on any atom is 0.342 e. The molecular weight excluding hydrogens is 322 g/mol. The summed E-state index contributed by atoms with van der Waals surface area (Å²) in [6.07, 6.45) is 0. The molecule has 2 aromatic carbocycles. The van der Waals surface area contributed by atoms with E-state index in [-0.39, 0.29) is 24.1 Å². The summed E-state index contributed by atoms with van der Waals surface area (Å²) in [5.74, 6) is -0.0406. The van der Waals surface area contributed by atoms with Gasteiger partial charge >= 0.3 is 5.97 Å². The molecule has 0 aliphatic rings. The van der Waals surface area contributed by atoms with E-state index >= 15 is 0 Å². The molecule has 0 bridgehead atoms. The zero-order valence-corrected chi connectivity index (χ0v) is 14.2. The number of nitrogens with one attached hydrogen (secondary N) is 1.